The number of aryl methyl sites for hydroxylation is 3. The van der Waals surface area contributed by atoms with Crippen molar-refractivity contribution in [3.63, 3.8) is 0 Å². The van der Waals surface area contributed by atoms with Crippen LogP contribution in [0.1, 0.15) is 96.0 Å². The topological polar surface area (TPSA) is 180 Å². The first kappa shape index (κ1) is 37.2. The molecular weight excluding hydrogens is 650 g/mol. The lowest BCUT2D eigenvalue weighted by Gasteiger charge is -2.18. The summed E-state index contributed by atoms with van der Waals surface area (Å²) in [5.41, 5.74) is 10.9. The predicted octanol–water partition coefficient (Wildman–Crippen LogP) is 5.66. The Kier molecular flexibility index (Phi) is 11.6. The number of ether oxygens (including phenoxy) is 2. The molecule has 0 aliphatic carbocycles. The van der Waals surface area contributed by atoms with Gasteiger partial charge in [-0.2, -0.15) is 0 Å². The van der Waals surface area contributed by atoms with Gasteiger partial charge in [-0.15, -0.1) is 0 Å². The number of methoxy groups -OCH3 is 1. The van der Waals surface area contributed by atoms with Crippen molar-refractivity contribution in [3.05, 3.63) is 75.4 Å². The summed E-state index contributed by atoms with van der Waals surface area (Å²) >= 11 is 0. The molecule has 270 valence electrons. The summed E-state index contributed by atoms with van der Waals surface area (Å²) in [6.45, 7) is 14.5. The monoisotopic (exact) mass is 697 g/mol. The Labute approximate surface area is 297 Å². The van der Waals surface area contributed by atoms with Crippen molar-refractivity contribution in [2.75, 3.05) is 33.5 Å². The van der Waals surface area contributed by atoms with Crippen LogP contribution >= 0.6 is 0 Å². The van der Waals surface area contributed by atoms with E-state index < -0.39 is 23.8 Å². The van der Waals surface area contributed by atoms with E-state index in [1.807, 2.05) is 39.0 Å². The number of carboxylic acids is 1. The van der Waals surface area contributed by atoms with Gasteiger partial charge in [0.2, 0.25) is 0 Å². The largest absolute Gasteiger partial charge is 0.481 e. The number of aliphatic hydroxyl groups is 1. The highest BCUT2D eigenvalue weighted by Crippen LogP contribution is 2.43. The zero-order valence-electron chi connectivity index (χ0n) is 30.2. The molecule has 0 fully saturated rings. The number of aliphatic hydroxyl groups excluding tert-OH is 1. The van der Waals surface area contributed by atoms with Crippen LogP contribution in [0.4, 0.5) is 0 Å². The summed E-state index contributed by atoms with van der Waals surface area (Å²) in [5.74, 6) is -2.53. The maximum atomic E-state index is 14.0. The van der Waals surface area contributed by atoms with Crippen molar-refractivity contribution < 1.29 is 34.1 Å². The molecule has 5 rings (SSSR count). The number of aromatic nitrogens is 4. The molecule has 0 spiro atoms. The highest BCUT2D eigenvalue weighted by molar-refractivity contribution is 6.27. The standard InChI is InChI=1S/C39H47N5O7/c1-8-24-20(3)28-17-30-22(5)26(10-11-34(46)47)37(43-30)27(16-35(48)50-7)38-36(39(49)40-12-14-51-15-13-45)23(6)31(44-38)19-33-25(9-2)21(4)29(42-33)18-32(24)41-28/h8,17-19,22,26,41-42,45H,1,9-16H2,2-7H3,(H,40,49)(H,46,47). The van der Waals surface area contributed by atoms with E-state index in [0.717, 1.165) is 50.7 Å². The summed E-state index contributed by atoms with van der Waals surface area (Å²) < 4.78 is 10.5. The average Bonchev–Trinajstić information content (AvgIpc) is 3.78. The van der Waals surface area contributed by atoms with E-state index in [-0.39, 0.29) is 62.8 Å². The zero-order valence-corrected chi connectivity index (χ0v) is 30.2. The number of amides is 1. The zero-order chi connectivity index (χ0) is 37.0. The van der Waals surface area contributed by atoms with Crippen LogP contribution in [0.15, 0.2) is 24.8 Å². The van der Waals surface area contributed by atoms with Gasteiger partial charge in [-0.3, -0.25) is 19.4 Å². The van der Waals surface area contributed by atoms with Crippen LogP contribution in [-0.2, 0) is 36.7 Å². The lowest BCUT2D eigenvalue weighted by Crippen LogP contribution is -2.29. The lowest BCUT2D eigenvalue weighted by atomic mass is 9.84. The maximum Gasteiger partial charge on any atom is 0.310 e. The number of aliphatic carboxylic acids is 1. The van der Waals surface area contributed by atoms with Gasteiger partial charge in [-0.1, -0.05) is 26.5 Å². The van der Waals surface area contributed by atoms with E-state index in [2.05, 4.69) is 41.8 Å². The molecule has 5 N–H and O–H groups in total. The molecule has 0 saturated heterocycles. The van der Waals surface area contributed by atoms with Gasteiger partial charge < -0.3 is 35.0 Å². The number of allylic oxidation sites excluding steroid dienone is 1. The summed E-state index contributed by atoms with van der Waals surface area (Å²) in [5, 5.41) is 21.7. The molecule has 2 aliphatic rings. The van der Waals surface area contributed by atoms with Crippen molar-refractivity contribution >= 4 is 57.1 Å². The van der Waals surface area contributed by atoms with Crippen molar-refractivity contribution in [1.29, 1.82) is 0 Å². The summed E-state index contributed by atoms with van der Waals surface area (Å²) in [7, 11) is 1.30. The molecule has 51 heavy (non-hydrogen) atoms. The summed E-state index contributed by atoms with van der Waals surface area (Å²) in [6.07, 6.45) is 2.47. The first-order valence-electron chi connectivity index (χ1n) is 17.3. The van der Waals surface area contributed by atoms with Crippen LogP contribution in [0.3, 0.4) is 0 Å². The van der Waals surface area contributed by atoms with E-state index in [0.29, 0.717) is 28.2 Å². The van der Waals surface area contributed by atoms with Gasteiger partial charge >= 0.3 is 11.9 Å². The van der Waals surface area contributed by atoms with Crippen LogP contribution in [0.5, 0.6) is 0 Å². The average molecular weight is 698 g/mol. The Morgan fingerprint density at radius 2 is 1.73 bits per heavy atom. The number of esters is 1. The quantitative estimate of drug-likeness (QED) is 0.111. The number of rotatable bonds is 13. The Morgan fingerprint density at radius 1 is 1.00 bits per heavy atom. The SMILES string of the molecule is C=Cc1c(C)c2cc3nc(c(CC(=O)OC)c4nc(cc5[nH]c(cc1[nH]2)c(C)c5CC)C(C)=C4C(=O)NCCOCCO)C(CCC(=O)O)C3C. The second-order valence-corrected chi connectivity index (χ2v) is 13.0. The fourth-order valence-electron chi connectivity index (χ4n) is 7.10. The first-order valence-corrected chi connectivity index (χ1v) is 17.3. The van der Waals surface area contributed by atoms with Gasteiger partial charge in [0.15, 0.2) is 0 Å². The molecule has 2 aliphatic heterocycles. The van der Waals surface area contributed by atoms with Crippen molar-refractivity contribution in [1.82, 2.24) is 25.3 Å². The fraction of sp³-hybridized carbons (Fsp3) is 0.410. The third-order valence-corrected chi connectivity index (χ3v) is 9.95. The Balaban J connectivity index is 1.93. The molecule has 3 aromatic heterocycles. The maximum absolute atomic E-state index is 14.0. The number of hydrogen-bond acceptors (Lipinski definition) is 8. The molecule has 0 saturated carbocycles. The van der Waals surface area contributed by atoms with Gasteiger partial charge in [-0.25, -0.2) is 4.98 Å². The Bertz CT molecular complexity index is 2070. The minimum Gasteiger partial charge on any atom is -0.481 e. The second-order valence-electron chi connectivity index (χ2n) is 13.0. The fourth-order valence-corrected chi connectivity index (χ4v) is 7.10. The van der Waals surface area contributed by atoms with Crippen molar-refractivity contribution in [2.45, 2.75) is 72.1 Å². The highest BCUT2D eigenvalue weighted by Gasteiger charge is 2.35. The van der Waals surface area contributed by atoms with Gasteiger partial charge in [0.25, 0.3) is 5.91 Å². The number of carbonyl (C=O) groups excluding carboxylic acids is 2. The minimum absolute atomic E-state index is 0.115. The van der Waals surface area contributed by atoms with E-state index in [9.17, 15) is 19.5 Å². The Hall–Kier alpha value is -5.07. The third-order valence-electron chi connectivity index (χ3n) is 9.95. The van der Waals surface area contributed by atoms with Crippen LogP contribution in [0, 0.1) is 13.8 Å². The molecule has 2 unspecified atom stereocenters. The molecule has 1 amide bonds. The molecule has 0 aromatic carbocycles. The molecular formula is C39H47N5O7. The molecule has 8 bridgehead atoms. The summed E-state index contributed by atoms with van der Waals surface area (Å²) in [4.78, 5) is 56.4. The molecule has 5 heterocycles. The number of hydrogen-bond donors (Lipinski definition) is 5. The van der Waals surface area contributed by atoms with E-state index >= 15 is 0 Å². The van der Waals surface area contributed by atoms with Crippen molar-refractivity contribution in [2.24, 2.45) is 0 Å². The van der Waals surface area contributed by atoms with Crippen LogP contribution in [-0.4, -0.2) is 81.5 Å². The second kappa shape index (κ2) is 15.9. The normalized spacial score (nSPS) is 15.6. The van der Waals surface area contributed by atoms with Crippen LogP contribution in [0.25, 0.3) is 39.3 Å². The summed E-state index contributed by atoms with van der Waals surface area (Å²) in [6, 6.07) is 5.97. The number of nitrogens with one attached hydrogen (secondary N) is 3. The number of carbonyl (C=O) groups is 3. The molecule has 12 nitrogen and oxygen atoms in total. The first-order chi connectivity index (χ1) is 24.4. The van der Waals surface area contributed by atoms with E-state index in [1.54, 1.807) is 0 Å². The van der Waals surface area contributed by atoms with E-state index in [1.165, 1.54) is 7.11 Å². The van der Waals surface area contributed by atoms with Gasteiger partial charge in [0.1, 0.15) is 0 Å². The number of carboxylic acid groups (broad SMARTS) is 1. The molecule has 3 aromatic rings. The number of fused-ring (bicyclic) bond motifs is 8. The van der Waals surface area contributed by atoms with Crippen LogP contribution < -0.4 is 5.32 Å². The highest BCUT2D eigenvalue weighted by atomic mass is 16.5. The van der Waals surface area contributed by atoms with Crippen molar-refractivity contribution in [3.8, 4) is 0 Å². The Morgan fingerprint density at radius 3 is 2.39 bits per heavy atom. The molecule has 0 radical (unpaired) electrons. The van der Waals surface area contributed by atoms with Gasteiger partial charge in [-0.05, 0) is 74.1 Å². The van der Waals surface area contributed by atoms with Gasteiger partial charge in [0.05, 0.1) is 56.0 Å². The molecule has 2 atom stereocenters. The van der Waals surface area contributed by atoms with Crippen LogP contribution in [0.2, 0.25) is 0 Å². The number of nitrogens with zero attached hydrogens (tertiary/aromatic N) is 2. The van der Waals surface area contributed by atoms with Gasteiger partial charge in [0, 0.05) is 63.7 Å². The third kappa shape index (κ3) is 7.52. The number of H-pyrrole nitrogens is 2. The number of aromatic amines is 2. The smallest absolute Gasteiger partial charge is 0.310 e. The lowest BCUT2D eigenvalue weighted by molar-refractivity contribution is -0.140. The minimum atomic E-state index is -0.947. The molecule has 12 heteroatoms. The van der Waals surface area contributed by atoms with E-state index in [4.69, 9.17) is 24.5 Å². The predicted molar refractivity (Wildman–Crippen MR) is 197 cm³/mol.